The molecule has 2 nitrogen and oxygen atoms in total. The molecule has 0 amide bonds. The summed E-state index contributed by atoms with van der Waals surface area (Å²) in [5.74, 6) is 0.909. The lowest BCUT2D eigenvalue weighted by molar-refractivity contribution is 0.0978. The first-order valence-electron chi connectivity index (χ1n) is 5.84. The Morgan fingerprint density at radius 1 is 1.38 bits per heavy atom. The summed E-state index contributed by atoms with van der Waals surface area (Å²) in [6, 6.07) is 4.01. The Kier molecular flexibility index (Phi) is 4.60. The first-order valence-corrected chi connectivity index (χ1v) is 5.84. The van der Waals surface area contributed by atoms with Gasteiger partial charge in [-0.3, -0.25) is 4.79 Å². The summed E-state index contributed by atoms with van der Waals surface area (Å²) in [6.45, 7) is 4.08. The number of hydrogen-bond acceptors (Lipinski definition) is 2. The molecule has 0 radical (unpaired) electrons. The van der Waals surface area contributed by atoms with Crippen molar-refractivity contribution < 1.29 is 9.53 Å². The van der Waals surface area contributed by atoms with Gasteiger partial charge in [-0.25, -0.2) is 0 Å². The van der Waals surface area contributed by atoms with Crippen molar-refractivity contribution in [1.82, 2.24) is 0 Å². The van der Waals surface area contributed by atoms with Crippen LogP contribution < -0.4 is 10.2 Å². The molecule has 86 valence electrons. The lowest BCUT2D eigenvalue weighted by Crippen LogP contribution is -2.12. The van der Waals surface area contributed by atoms with Crippen molar-refractivity contribution >= 4 is 19.1 Å². The third-order valence-electron chi connectivity index (χ3n) is 2.68. The van der Waals surface area contributed by atoms with Gasteiger partial charge in [0.1, 0.15) is 13.6 Å². The van der Waals surface area contributed by atoms with Gasteiger partial charge in [-0.15, -0.1) is 0 Å². The van der Waals surface area contributed by atoms with E-state index >= 15 is 0 Å². The number of methoxy groups -OCH3 is 1. The highest BCUT2D eigenvalue weighted by atomic mass is 16.5. The number of benzene rings is 1. The molecule has 0 saturated heterocycles. The molecule has 0 bridgehead atoms. The maximum atomic E-state index is 12.0. The van der Waals surface area contributed by atoms with Crippen LogP contribution in [0.5, 0.6) is 5.75 Å². The normalized spacial score (nSPS) is 10.2. The largest absolute Gasteiger partial charge is 0.496 e. The Morgan fingerprint density at radius 2 is 2.06 bits per heavy atom. The van der Waals surface area contributed by atoms with Crippen LogP contribution in [0.3, 0.4) is 0 Å². The molecule has 0 aliphatic carbocycles. The SMILES string of the molecule is Bc1cc(CC)c(C(=O)CCC)c(OC)c1. The van der Waals surface area contributed by atoms with Crippen LogP contribution >= 0.6 is 0 Å². The van der Waals surface area contributed by atoms with Gasteiger partial charge in [0.25, 0.3) is 0 Å². The van der Waals surface area contributed by atoms with E-state index in [1.165, 1.54) is 0 Å². The molecule has 0 spiro atoms. The number of ether oxygens (including phenoxy) is 1. The molecule has 0 aliphatic rings. The molecule has 1 rings (SSSR count). The van der Waals surface area contributed by atoms with Crippen molar-refractivity contribution in [2.75, 3.05) is 7.11 Å². The highest BCUT2D eigenvalue weighted by Gasteiger charge is 2.16. The fraction of sp³-hybridized carbons (Fsp3) is 0.462. The molecule has 0 fully saturated rings. The summed E-state index contributed by atoms with van der Waals surface area (Å²) in [5, 5.41) is 0. The van der Waals surface area contributed by atoms with E-state index in [0.29, 0.717) is 6.42 Å². The summed E-state index contributed by atoms with van der Waals surface area (Å²) in [6.07, 6.45) is 2.33. The van der Waals surface area contributed by atoms with Crippen LogP contribution in [-0.4, -0.2) is 20.7 Å². The van der Waals surface area contributed by atoms with Crippen LogP contribution in [0.25, 0.3) is 0 Å². The van der Waals surface area contributed by atoms with Gasteiger partial charge in [0.05, 0.1) is 12.7 Å². The lowest BCUT2D eigenvalue weighted by Gasteiger charge is -2.13. The Balaban J connectivity index is 3.27. The van der Waals surface area contributed by atoms with E-state index < -0.39 is 0 Å². The van der Waals surface area contributed by atoms with Crippen LogP contribution in [0.15, 0.2) is 12.1 Å². The van der Waals surface area contributed by atoms with Crippen LogP contribution in [0.2, 0.25) is 0 Å². The smallest absolute Gasteiger partial charge is 0.166 e. The second-order valence-electron chi connectivity index (χ2n) is 4.03. The van der Waals surface area contributed by atoms with Crippen molar-refractivity contribution in [2.45, 2.75) is 33.1 Å². The molecule has 0 N–H and O–H groups in total. The summed E-state index contributed by atoms with van der Waals surface area (Å²) >= 11 is 0. The van der Waals surface area contributed by atoms with Crippen molar-refractivity contribution in [3.63, 3.8) is 0 Å². The third kappa shape index (κ3) is 2.66. The lowest BCUT2D eigenvalue weighted by atomic mass is 9.88. The molecular formula is C13H19BO2. The third-order valence-corrected chi connectivity index (χ3v) is 2.68. The minimum absolute atomic E-state index is 0.191. The zero-order chi connectivity index (χ0) is 12.1. The molecule has 16 heavy (non-hydrogen) atoms. The summed E-state index contributed by atoms with van der Waals surface area (Å²) < 4.78 is 5.32. The molecule has 3 heteroatoms. The average molecular weight is 218 g/mol. The number of ketones is 1. The molecule has 0 atom stereocenters. The van der Waals surface area contributed by atoms with Crippen LogP contribution in [-0.2, 0) is 6.42 Å². The molecule has 1 aromatic rings. The van der Waals surface area contributed by atoms with Gasteiger partial charge >= 0.3 is 0 Å². The number of hydrogen-bond donors (Lipinski definition) is 0. The van der Waals surface area contributed by atoms with Crippen molar-refractivity contribution in [1.29, 1.82) is 0 Å². The number of carbonyl (C=O) groups is 1. The van der Waals surface area contributed by atoms with Crippen molar-refractivity contribution in [3.8, 4) is 5.75 Å². The van der Waals surface area contributed by atoms with E-state index in [1.807, 2.05) is 20.8 Å². The quantitative estimate of drug-likeness (QED) is 0.553. The minimum atomic E-state index is 0.191. The fourth-order valence-corrected chi connectivity index (χ4v) is 1.93. The zero-order valence-corrected chi connectivity index (χ0v) is 10.6. The van der Waals surface area contributed by atoms with E-state index in [4.69, 9.17) is 4.74 Å². The number of carbonyl (C=O) groups excluding carboxylic acids is 1. The standard InChI is InChI=1S/C13H19BO2/c1-4-6-11(15)13-9(5-2)7-10(14)8-12(13)16-3/h7-8H,4-6,14H2,1-3H3. The fourth-order valence-electron chi connectivity index (χ4n) is 1.93. The number of aryl methyl sites for hydroxylation is 1. The highest BCUT2D eigenvalue weighted by molar-refractivity contribution is 6.32. The molecule has 0 heterocycles. The zero-order valence-electron chi connectivity index (χ0n) is 10.6. The molecule has 0 aliphatic heterocycles. The van der Waals surface area contributed by atoms with Crippen LogP contribution in [0.1, 0.15) is 42.6 Å². The first kappa shape index (κ1) is 12.8. The van der Waals surface area contributed by atoms with Gasteiger partial charge in [-0.2, -0.15) is 0 Å². The van der Waals surface area contributed by atoms with E-state index in [9.17, 15) is 4.79 Å². The van der Waals surface area contributed by atoms with Crippen LogP contribution in [0.4, 0.5) is 0 Å². The summed E-state index contributed by atoms with van der Waals surface area (Å²) in [5.41, 5.74) is 3.01. The summed E-state index contributed by atoms with van der Waals surface area (Å²) in [7, 11) is 3.65. The van der Waals surface area contributed by atoms with Gasteiger partial charge in [0.15, 0.2) is 5.78 Å². The topological polar surface area (TPSA) is 26.3 Å². The van der Waals surface area contributed by atoms with Gasteiger partial charge in [0, 0.05) is 6.42 Å². The highest BCUT2D eigenvalue weighted by Crippen LogP contribution is 2.23. The van der Waals surface area contributed by atoms with Gasteiger partial charge in [0.2, 0.25) is 0 Å². The molecule has 0 saturated carbocycles. The maximum Gasteiger partial charge on any atom is 0.166 e. The predicted molar refractivity (Wildman–Crippen MR) is 69.8 cm³/mol. The Hall–Kier alpha value is -1.25. The Morgan fingerprint density at radius 3 is 2.56 bits per heavy atom. The van der Waals surface area contributed by atoms with Crippen molar-refractivity contribution in [3.05, 3.63) is 23.3 Å². The van der Waals surface area contributed by atoms with Gasteiger partial charge < -0.3 is 4.74 Å². The second-order valence-corrected chi connectivity index (χ2v) is 4.03. The molecular weight excluding hydrogens is 199 g/mol. The summed E-state index contributed by atoms with van der Waals surface area (Å²) in [4.78, 5) is 12.0. The maximum absolute atomic E-state index is 12.0. The molecule has 0 unspecified atom stereocenters. The van der Waals surface area contributed by atoms with E-state index in [2.05, 4.69) is 13.0 Å². The molecule has 0 aromatic heterocycles. The predicted octanol–water partition coefficient (Wildman–Crippen LogP) is 1.50. The van der Waals surface area contributed by atoms with Crippen molar-refractivity contribution in [2.24, 2.45) is 0 Å². The Bertz CT molecular complexity index is 361. The number of rotatable bonds is 5. The van der Waals surface area contributed by atoms with E-state index in [1.54, 1.807) is 7.11 Å². The molecule has 1 aromatic carbocycles. The Labute approximate surface area is 98.4 Å². The average Bonchev–Trinajstić information content (AvgIpc) is 2.27. The van der Waals surface area contributed by atoms with Crippen LogP contribution in [0, 0.1) is 0 Å². The number of Topliss-reactive ketones (excluding diaryl/α,β-unsaturated/α-hetero) is 1. The monoisotopic (exact) mass is 218 g/mol. The second kappa shape index (κ2) is 5.73. The van der Waals surface area contributed by atoms with E-state index in [-0.39, 0.29) is 5.78 Å². The first-order chi connectivity index (χ1) is 7.63. The minimum Gasteiger partial charge on any atom is -0.496 e. The van der Waals surface area contributed by atoms with Gasteiger partial charge in [-0.05, 0) is 24.5 Å². The van der Waals surface area contributed by atoms with Gasteiger partial charge in [-0.1, -0.05) is 25.4 Å². The van der Waals surface area contributed by atoms with E-state index in [0.717, 1.165) is 35.2 Å².